The molecule has 1 aromatic rings. The molecule has 1 aromatic heterocycles. The Bertz CT molecular complexity index is 336. The van der Waals surface area contributed by atoms with Crippen molar-refractivity contribution in [2.45, 2.75) is 45.1 Å². The zero-order chi connectivity index (χ0) is 11.9. The van der Waals surface area contributed by atoms with Crippen LogP contribution in [0.25, 0.3) is 0 Å². The van der Waals surface area contributed by atoms with Gasteiger partial charge in [-0.3, -0.25) is 0 Å². The second-order valence-corrected chi connectivity index (χ2v) is 4.69. The van der Waals surface area contributed by atoms with Crippen molar-refractivity contribution in [3.63, 3.8) is 0 Å². The Morgan fingerprint density at radius 1 is 1.33 bits per heavy atom. The molecular formula is C10H15F2NO2. The van der Waals surface area contributed by atoms with Gasteiger partial charge in [0.15, 0.2) is 12.0 Å². The molecule has 5 heteroatoms. The fourth-order valence-corrected chi connectivity index (χ4v) is 1.02. The highest BCUT2D eigenvalue weighted by molar-refractivity contribution is 5.08. The second kappa shape index (κ2) is 3.56. The molecule has 15 heavy (non-hydrogen) atoms. The fraction of sp³-hybridized carbons (Fsp3) is 0.700. The fourth-order valence-electron chi connectivity index (χ4n) is 1.02. The molecule has 0 saturated heterocycles. The van der Waals surface area contributed by atoms with Crippen molar-refractivity contribution in [1.82, 2.24) is 4.98 Å². The number of alkyl halides is 2. The minimum Gasteiger partial charge on any atom is -0.448 e. The molecule has 1 atom stereocenters. The zero-order valence-corrected chi connectivity index (χ0v) is 9.21. The third-order valence-electron chi connectivity index (χ3n) is 1.92. The van der Waals surface area contributed by atoms with Gasteiger partial charge in [-0.05, 0) is 0 Å². The summed E-state index contributed by atoms with van der Waals surface area (Å²) in [6.45, 7) is 6.18. The van der Waals surface area contributed by atoms with E-state index in [2.05, 4.69) is 4.98 Å². The maximum absolute atomic E-state index is 12.8. The van der Waals surface area contributed by atoms with Crippen LogP contribution in [0.15, 0.2) is 10.7 Å². The van der Waals surface area contributed by atoms with Gasteiger partial charge >= 0.3 is 0 Å². The first-order valence-corrected chi connectivity index (χ1v) is 4.64. The van der Waals surface area contributed by atoms with Crippen LogP contribution in [0.1, 0.15) is 45.4 Å². The molecule has 3 nitrogen and oxygen atoms in total. The van der Waals surface area contributed by atoms with Crippen molar-refractivity contribution in [1.29, 1.82) is 0 Å². The molecule has 1 heterocycles. The molecule has 0 bridgehead atoms. The van der Waals surface area contributed by atoms with E-state index >= 15 is 0 Å². The minimum absolute atomic E-state index is 0.132. The Morgan fingerprint density at radius 3 is 2.20 bits per heavy atom. The summed E-state index contributed by atoms with van der Waals surface area (Å²) in [5.41, 5.74) is -0.492. The maximum atomic E-state index is 12.8. The number of oxazole rings is 1. The summed E-state index contributed by atoms with van der Waals surface area (Å²) in [6, 6.07) is 0. The van der Waals surface area contributed by atoms with E-state index in [0.717, 1.165) is 6.26 Å². The monoisotopic (exact) mass is 219 g/mol. The van der Waals surface area contributed by atoms with Gasteiger partial charge in [0.1, 0.15) is 12.0 Å². The number of aliphatic hydroxyl groups is 1. The molecule has 0 fully saturated rings. The summed E-state index contributed by atoms with van der Waals surface area (Å²) in [6.07, 6.45) is -0.847. The molecule has 0 saturated carbocycles. The van der Waals surface area contributed by atoms with Crippen molar-refractivity contribution in [3.8, 4) is 0 Å². The highest BCUT2D eigenvalue weighted by atomic mass is 19.3. The molecule has 0 aliphatic carbocycles. The Labute approximate surface area is 87.1 Å². The van der Waals surface area contributed by atoms with E-state index in [1.54, 1.807) is 0 Å². The van der Waals surface area contributed by atoms with Crippen LogP contribution < -0.4 is 0 Å². The van der Waals surface area contributed by atoms with Gasteiger partial charge in [-0.25, -0.2) is 13.8 Å². The number of aliphatic hydroxyl groups excluding tert-OH is 1. The van der Waals surface area contributed by atoms with Crippen molar-refractivity contribution >= 4 is 0 Å². The van der Waals surface area contributed by atoms with Crippen molar-refractivity contribution < 1.29 is 18.3 Å². The van der Waals surface area contributed by atoms with Crippen LogP contribution in [0.4, 0.5) is 8.78 Å². The number of halogens is 2. The maximum Gasteiger partial charge on any atom is 0.276 e. The first-order chi connectivity index (χ1) is 6.62. The summed E-state index contributed by atoms with van der Waals surface area (Å²) >= 11 is 0. The first kappa shape index (κ1) is 12.1. The lowest BCUT2D eigenvalue weighted by Crippen LogP contribution is -2.22. The molecular weight excluding hydrogens is 204 g/mol. The molecule has 0 aromatic carbocycles. The third kappa shape index (κ3) is 2.75. The van der Waals surface area contributed by atoms with Crippen molar-refractivity contribution in [2.75, 3.05) is 0 Å². The van der Waals surface area contributed by atoms with Crippen LogP contribution in [0.5, 0.6) is 0 Å². The number of nitrogens with zero attached hydrogens (tertiary/aromatic N) is 1. The van der Waals surface area contributed by atoms with Crippen LogP contribution >= 0.6 is 0 Å². The molecule has 1 N–H and O–H groups in total. The predicted octanol–water partition coefficient (Wildman–Crippen LogP) is 2.66. The minimum atomic E-state index is -3.22. The smallest absolute Gasteiger partial charge is 0.276 e. The Kier molecular flexibility index (Phi) is 2.87. The highest BCUT2D eigenvalue weighted by Crippen LogP contribution is 2.31. The van der Waals surface area contributed by atoms with Crippen LogP contribution in [0.3, 0.4) is 0 Å². The molecule has 1 unspecified atom stereocenters. The number of rotatable bonds is 2. The Hall–Kier alpha value is -0.970. The molecule has 0 amide bonds. The molecule has 0 radical (unpaired) electrons. The average molecular weight is 219 g/mol. The summed E-state index contributed by atoms with van der Waals surface area (Å²) in [5.74, 6) is -2.88. The van der Waals surface area contributed by atoms with Gasteiger partial charge in [-0.15, -0.1) is 0 Å². The van der Waals surface area contributed by atoms with E-state index in [9.17, 15) is 13.9 Å². The number of hydrogen-bond donors (Lipinski definition) is 1. The standard InChI is InChI=1S/C10H15F2NO2/c1-9(2,3)8-13-6(5-15-8)7(14)10(4,11)12/h5,7,14H,1-4H3. The highest BCUT2D eigenvalue weighted by Gasteiger charge is 2.36. The van der Waals surface area contributed by atoms with E-state index in [1.165, 1.54) is 0 Å². The van der Waals surface area contributed by atoms with Crippen LogP contribution in [0.2, 0.25) is 0 Å². The molecule has 0 aliphatic rings. The lowest BCUT2D eigenvalue weighted by molar-refractivity contribution is -0.0972. The predicted molar refractivity (Wildman–Crippen MR) is 50.8 cm³/mol. The summed E-state index contributed by atoms with van der Waals surface area (Å²) in [5, 5.41) is 9.26. The summed E-state index contributed by atoms with van der Waals surface area (Å²) in [7, 11) is 0. The molecule has 1 rings (SSSR count). The third-order valence-corrected chi connectivity index (χ3v) is 1.92. The largest absolute Gasteiger partial charge is 0.448 e. The normalized spacial score (nSPS) is 15.4. The van der Waals surface area contributed by atoms with Gasteiger partial charge in [-0.1, -0.05) is 20.8 Å². The van der Waals surface area contributed by atoms with E-state index in [-0.39, 0.29) is 11.1 Å². The Balaban J connectivity index is 2.95. The second-order valence-electron chi connectivity index (χ2n) is 4.69. The molecule has 86 valence electrons. The van der Waals surface area contributed by atoms with E-state index in [0.29, 0.717) is 12.8 Å². The van der Waals surface area contributed by atoms with E-state index in [4.69, 9.17) is 4.42 Å². The van der Waals surface area contributed by atoms with Crippen LogP contribution in [-0.2, 0) is 5.41 Å². The first-order valence-electron chi connectivity index (χ1n) is 4.64. The van der Waals surface area contributed by atoms with Gasteiger partial charge in [0.05, 0.1) is 0 Å². The van der Waals surface area contributed by atoms with Crippen LogP contribution in [0, 0.1) is 0 Å². The SMILES string of the molecule is CC(C)(C)c1nc(C(O)C(C)(F)F)co1. The van der Waals surface area contributed by atoms with Gasteiger partial charge in [-0.2, -0.15) is 0 Å². The van der Waals surface area contributed by atoms with Crippen molar-refractivity contribution in [2.24, 2.45) is 0 Å². The van der Waals surface area contributed by atoms with Gasteiger partial charge in [0.25, 0.3) is 5.92 Å². The zero-order valence-electron chi connectivity index (χ0n) is 9.21. The van der Waals surface area contributed by atoms with E-state index < -0.39 is 12.0 Å². The van der Waals surface area contributed by atoms with Crippen LogP contribution in [-0.4, -0.2) is 16.0 Å². The van der Waals surface area contributed by atoms with Gasteiger partial charge in [0, 0.05) is 12.3 Å². The molecule has 0 spiro atoms. The quantitative estimate of drug-likeness (QED) is 0.831. The average Bonchev–Trinajstić information content (AvgIpc) is 2.47. The molecule has 0 aliphatic heterocycles. The van der Waals surface area contributed by atoms with Gasteiger partial charge in [0.2, 0.25) is 0 Å². The lowest BCUT2D eigenvalue weighted by Gasteiger charge is -2.15. The Morgan fingerprint density at radius 2 is 1.87 bits per heavy atom. The topological polar surface area (TPSA) is 46.3 Å². The summed E-state index contributed by atoms with van der Waals surface area (Å²) in [4.78, 5) is 3.85. The van der Waals surface area contributed by atoms with E-state index in [1.807, 2.05) is 20.8 Å². The van der Waals surface area contributed by atoms with Gasteiger partial charge < -0.3 is 9.52 Å². The summed E-state index contributed by atoms with van der Waals surface area (Å²) < 4.78 is 30.6. The lowest BCUT2D eigenvalue weighted by atomic mass is 9.97. The number of aromatic nitrogens is 1. The van der Waals surface area contributed by atoms with Crippen molar-refractivity contribution in [3.05, 3.63) is 17.8 Å². The number of hydrogen-bond acceptors (Lipinski definition) is 3.